The summed E-state index contributed by atoms with van der Waals surface area (Å²) in [5, 5.41) is 0. The van der Waals surface area contributed by atoms with E-state index in [1.165, 1.54) is 0 Å². The highest BCUT2D eigenvalue weighted by Crippen LogP contribution is 2.16. The highest BCUT2D eigenvalue weighted by molar-refractivity contribution is 7.90. The molecule has 25 heavy (non-hydrogen) atoms. The molecule has 0 aliphatic carbocycles. The number of amides is 1. The molecule has 5 heteroatoms. The number of para-hydroxylation sites is 1. The maximum atomic E-state index is 12.6. The minimum absolute atomic E-state index is 0.00771. The van der Waals surface area contributed by atoms with Gasteiger partial charge in [0.15, 0.2) is 9.84 Å². The van der Waals surface area contributed by atoms with Gasteiger partial charge >= 0.3 is 0 Å². The Kier molecular flexibility index (Phi) is 7.19. The maximum absolute atomic E-state index is 12.6. The van der Waals surface area contributed by atoms with Gasteiger partial charge in [-0.15, -0.1) is 0 Å². The first-order chi connectivity index (χ1) is 12.0. The zero-order valence-corrected chi connectivity index (χ0v) is 15.4. The molecule has 0 heterocycles. The Morgan fingerprint density at radius 1 is 0.960 bits per heavy atom. The lowest BCUT2D eigenvalue weighted by molar-refractivity contribution is -0.118. The van der Waals surface area contributed by atoms with E-state index in [-0.39, 0.29) is 23.8 Å². The molecule has 4 nitrogen and oxygen atoms in total. The van der Waals surface area contributed by atoms with Crippen molar-refractivity contribution in [2.45, 2.75) is 31.9 Å². The number of sulfone groups is 1. The predicted octanol–water partition coefficient (Wildman–Crippen LogP) is 3.82. The number of hydrogen-bond donors (Lipinski definition) is 0. The largest absolute Gasteiger partial charge is 0.312 e. The molecule has 0 spiro atoms. The van der Waals surface area contributed by atoms with Crippen LogP contribution >= 0.6 is 0 Å². The molecular formula is C20H25NO3S. The predicted molar refractivity (Wildman–Crippen MR) is 102 cm³/mol. The molecule has 0 aliphatic heterocycles. The quantitative estimate of drug-likeness (QED) is 0.684. The third-order valence-electron chi connectivity index (χ3n) is 3.96. The number of hydrogen-bond acceptors (Lipinski definition) is 3. The van der Waals surface area contributed by atoms with Crippen molar-refractivity contribution in [1.82, 2.24) is 0 Å². The first kappa shape index (κ1) is 19.2. The highest BCUT2D eigenvalue weighted by atomic mass is 32.2. The lowest BCUT2D eigenvalue weighted by Crippen LogP contribution is -2.33. The minimum atomic E-state index is -3.31. The molecule has 0 saturated carbocycles. The number of nitrogens with zero attached hydrogens (tertiary/aromatic N) is 1. The molecule has 2 aromatic carbocycles. The number of carbonyl (C=O) groups excluding carboxylic acids is 1. The minimum Gasteiger partial charge on any atom is -0.312 e. The van der Waals surface area contributed by atoms with Crippen molar-refractivity contribution in [3.8, 4) is 0 Å². The van der Waals surface area contributed by atoms with Gasteiger partial charge < -0.3 is 4.90 Å². The summed E-state index contributed by atoms with van der Waals surface area (Å²) in [5.41, 5.74) is 1.57. The van der Waals surface area contributed by atoms with E-state index in [0.29, 0.717) is 6.54 Å². The number of rotatable bonds is 9. The van der Waals surface area contributed by atoms with Crippen molar-refractivity contribution in [1.29, 1.82) is 0 Å². The Morgan fingerprint density at radius 3 is 2.16 bits per heavy atom. The van der Waals surface area contributed by atoms with Crippen LogP contribution in [0.25, 0.3) is 0 Å². The van der Waals surface area contributed by atoms with Gasteiger partial charge in [0.25, 0.3) is 0 Å². The molecule has 1 amide bonds. The van der Waals surface area contributed by atoms with E-state index in [1.54, 1.807) is 17.0 Å². The summed E-state index contributed by atoms with van der Waals surface area (Å²) in [6.07, 6.45) is 1.87. The summed E-state index contributed by atoms with van der Waals surface area (Å²) < 4.78 is 24.6. The van der Waals surface area contributed by atoms with Crippen LogP contribution in [-0.4, -0.2) is 26.6 Å². The van der Waals surface area contributed by atoms with Crippen LogP contribution in [0, 0.1) is 0 Å². The SMILES string of the molecule is CCCCN(C(=O)CCS(=O)(=O)Cc1ccccc1)c1ccccc1. The van der Waals surface area contributed by atoms with Crippen molar-refractivity contribution in [3.63, 3.8) is 0 Å². The van der Waals surface area contributed by atoms with Gasteiger partial charge in [-0.2, -0.15) is 0 Å². The summed E-state index contributed by atoms with van der Waals surface area (Å²) in [7, 11) is -3.31. The number of unbranched alkanes of at least 4 members (excludes halogenated alkanes) is 1. The molecule has 134 valence electrons. The fourth-order valence-electron chi connectivity index (χ4n) is 2.60. The van der Waals surface area contributed by atoms with Crippen molar-refractivity contribution in [2.24, 2.45) is 0 Å². The average molecular weight is 359 g/mol. The molecule has 0 aliphatic rings. The van der Waals surface area contributed by atoms with E-state index in [4.69, 9.17) is 0 Å². The third-order valence-corrected chi connectivity index (χ3v) is 5.56. The first-order valence-electron chi connectivity index (χ1n) is 8.61. The standard InChI is InChI=1S/C20H25NO3S/c1-2-3-15-21(19-12-8-5-9-13-19)20(22)14-16-25(23,24)17-18-10-6-4-7-11-18/h4-13H,2-3,14-17H2,1H3. The molecule has 2 aromatic rings. The Hall–Kier alpha value is -2.14. The average Bonchev–Trinajstić information content (AvgIpc) is 2.62. The van der Waals surface area contributed by atoms with E-state index >= 15 is 0 Å². The van der Waals surface area contributed by atoms with Crippen LogP contribution in [0.15, 0.2) is 60.7 Å². The van der Waals surface area contributed by atoms with Crippen LogP contribution in [0.1, 0.15) is 31.7 Å². The topological polar surface area (TPSA) is 54.5 Å². The monoisotopic (exact) mass is 359 g/mol. The van der Waals surface area contributed by atoms with E-state index in [1.807, 2.05) is 48.5 Å². The highest BCUT2D eigenvalue weighted by Gasteiger charge is 2.19. The van der Waals surface area contributed by atoms with Crippen molar-refractivity contribution >= 4 is 21.4 Å². The third kappa shape index (κ3) is 6.35. The fourth-order valence-corrected chi connectivity index (χ4v) is 3.93. The summed E-state index contributed by atoms with van der Waals surface area (Å²) in [5.74, 6) is -0.297. The van der Waals surface area contributed by atoms with Crippen LogP contribution < -0.4 is 4.90 Å². The molecule has 2 rings (SSSR count). The number of anilines is 1. The molecule has 0 bridgehead atoms. The summed E-state index contributed by atoms with van der Waals surface area (Å²) >= 11 is 0. The maximum Gasteiger partial charge on any atom is 0.227 e. The second-order valence-corrected chi connectivity index (χ2v) is 8.25. The Bertz CT molecular complexity index is 758. The number of carbonyl (C=O) groups is 1. The van der Waals surface area contributed by atoms with Crippen LogP contribution in [0.3, 0.4) is 0 Å². The first-order valence-corrected chi connectivity index (χ1v) is 10.4. The Labute approximate surface area is 150 Å². The van der Waals surface area contributed by atoms with Crippen molar-refractivity contribution < 1.29 is 13.2 Å². The zero-order valence-electron chi connectivity index (χ0n) is 14.6. The van der Waals surface area contributed by atoms with Gasteiger partial charge in [0.05, 0.1) is 11.5 Å². The molecular weight excluding hydrogens is 334 g/mol. The molecule has 0 atom stereocenters. The van der Waals surface area contributed by atoms with Crippen LogP contribution in [-0.2, 0) is 20.4 Å². The summed E-state index contributed by atoms with van der Waals surface area (Å²) in [6, 6.07) is 18.5. The lowest BCUT2D eigenvalue weighted by atomic mass is 10.2. The normalized spacial score (nSPS) is 11.2. The number of benzene rings is 2. The van der Waals surface area contributed by atoms with E-state index in [2.05, 4.69) is 6.92 Å². The molecule has 0 fully saturated rings. The van der Waals surface area contributed by atoms with E-state index in [9.17, 15) is 13.2 Å². The summed E-state index contributed by atoms with van der Waals surface area (Å²) in [4.78, 5) is 14.3. The second-order valence-electron chi connectivity index (χ2n) is 6.06. The van der Waals surface area contributed by atoms with Gasteiger partial charge in [-0.1, -0.05) is 61.9 Å². The Morgan fingerprint density at radius 2 is 1.56 bits per heavy atom. The van der Waals surface area contributed by atoms with Gasteiger partial charge in [0, 0.05) is 18.7 Å². The Balaban J connectivity index is 2.00. The van der Waals surface area contributed by atoms with Gasteiger partial charge in [-0.25, -0.2) is 8.42 Å². The van der Waals surface area contributed by atoms with Crippen LogP contribution in [0.4, 0.5) is 5.69 Å². The molecule has 0 N–H and O–H groups in total. The van der Waals surface area contributed by atoms with E-state index < -0.39 is 9.84 Å². The van der Waals surface area contributed by atoms with Gasteiger partial charge in [-0.05, 0) is 24.1 Å². The zero-order chi connectivity index (χ0) is 18.1. The van der Waals surface area contributed by atoms with Crippen molar-refractivity contribution in [3.05, 3.63) is 66.2 Å². The van der Waals surface area contributed by atoms with Crippen LogP contribution in [0.5, 0.6) is 0 Å². The van der Waals surface area contributed by atoms with Gasteiger partial charge in [0.2, 0.25) is 5.91 Å². The molecule has 0 radical (unpaired) electrons. The molecule has 0 saturated heterocycles. The van der Waals surface area contributed by atoms with Crippen LogP contribution in [0.2, 0.25) is 0 Å². The summed E-state index contributed by atoms with van der Waals surface area (Å²) in [6.45, 7) is 2.68. The van der Waals surface area contributed by atoms with Crippen molar-refractivity contribution in [2.75, 3.05) is 17.2 Å². The smallest absolute Gasteiger partial charge is 0.227 e. The molecule has 0 unspecified atom stereocenters. The van der Waals surface area contributed by atoms with Gasteiger partial charge in [-0.3, -0.25) is 4.79 Å². The second kappa shape index (κ2) is 9.37. The molecule has 0 aromatic heterocycles. The van der Waals surface area contributed by atoms with Gasteiger partial charge in [0.1, 0.15) is 0 Å². The van der Waals surface area contributed by atoms with E-state index in [0.717, 1.165) is 24.1 Å². The lowest BCUT2D eigenvalue weighted by Gasteiger charge is -2.22. The fraction of sp³-hybridized carbons (Fsp3) is 0.350.